The zero-order chi connectivity index (χ0) is 47.9. The van der Waals surface area contributed by atoms with Crippen molar-refractivity contribution in [1.82, 2.24) is 23.7 Å². The van der Waals surface area contributed by atoms with E-state index < -0.39 is 5.41 Å². The maximum Gasteiger partial charge on any atom is 0.188 e. The Hall–Kier alpha value is -10.0. The van der Waals surface area contributed by atoms with Crippen molar-refractivity contribution in [3.05, 3.63) is 264 Å². The second-order valence-electron chi connectivity index (χ2n) is 19.2. The minimum absolute atomic E-state index is 0.601. The topological polar surface area (TPSA) is 54.2 Å². The molecule has 7 nitrogen and oxygen atoms in total. The minimum atomic E-state index is -0.773. The van der Waals surface area contributed by atoms with Gasteiger partial charge in [0.1, 0.15) is 11.5 Å². The van der Waals surface area contributed by atoms with Crippen molar-refractivity contribution >= 4 is 71.1 Å². The van der Waals surface area contributed by atoms with Crippen molar-refractivity contribution in [2.75, 3.05) is 0 Å². The molecule has 1 spiro atoms. The normalized spacial score (nSPS) is 13.1. The zero-order valence-electron chi connectivity index (χ0n) is 39.0. The highest BCUT2D eigenvalue weighted by molar-refractivity contribution is 6.13. The van der Waals surface area contributed by atoms with Crippen LogP contribution < -0.4 is 4.74 Å². The van der Waals surface area contributed by atoms with E-state index in [9.17, 15) is 0 Å². The van der Waals surface area contributed by atoms with E-state index in [1.54, 1.807) is 0 Å². The van der Waals surface area contributed by atoms with Crippen LogP contribution in [-0.2, 0) is 5.41 Å². The first-order valence-corrected chi connectivity index (χ1v) is 24.6. The molecule has 0 N–H and O–H groups in total. The second kappa shape index (κ2) is 14.8. The third-order valence-corrected chi connectivity index (χ3v) is 15.6. The van der Waals surface area contributed by atoms with Crippen LogP contribution in [0.1, 0.15) is 22.3 Å². The van der Waals surface area contributed by atoms with E-state index in [1.807, 2.05) is 36.7 Å². The van der Waals surface area contributed by atoms with Gasteiger partial charge in [-0.2, -0.15) is 0 Å². The van der Waals surface area contributed by atoms with Gasteiger partial charge in [-0.3, -0.25) is 9.97 Å². The smallest absolute Gasteiger partial charge is 0.188 e. The Morgan fingerprint density at radius 1 is 0.356 bits per heavy atom. The minimum Gasteiger partial charge on any atom is -0.457 e. The molecule has 338 valence electrons. The van der Waals surface area contributed by atoms with Gasteiger partial charge in [-0.25, -0.2) is 4.85 Å². The number of aromatic nitrogens is 5. The Morgan fingerprint density at radius 3 is 1.42 bits per heavy atom. The van der Waals surface area contributed by atoms with Gasteiger partial charge in [0, 0.05) is 67.5 Å². The van der Waals surface area contributed by atoms with E-state index in [0.29, 0.717) is 5.69 Å². The Labute approximate surface area is 418 Å². The van der Waals surface area contributed by atoms with E-state index in [-0.39, 0.29) is 0 Å². The van der Waals surface area contributed by atoms with Gasteiger partial charge in [0.2, 0.25) is 0 Å². The third kappa shape index (κ3) is 5.36. The van der Waals surface area contributed by atoms with Crippen LogP contribution >= 0.6 is 0 Å². The predicted octanol–water partition coefficient (Wildman–Crippen LogP) is 16.5. The number of pyridine rings is 2. The van der Waals surface area contributed by atoms with Gasteiger partial charge >= 0.3 is 0 Å². The first-order valence-electron chi connectivity index (χ1n) is 24.6. The molecule has 2 aliphatic rings. The Kier molecular flexibility index (Phi) is 8.04. The highest BCUT2D eigenvalue weighted by Crippen LogP contribution is 2.62. The predicted molar refractivity (Wildman–Crippen MR) is 294 cm³/mol. The molecule has 0 radical (unpaired) electrons. The summed E-state index contributed by atoms with van der Waals surface area (Å²) in [6, 6.07) is 77.9. The molecule has 0 saturated carbocycles. The van der Waals surface area contributed by atoms with Crippen LogP contribution in [0, 0.1) is 6.57 Å². The lowest BCUT2D eigenvalue weighted by molar-refractivity contribution is 0.436. The molecule has 1 aliphatic heterocycles. The maximum atomic E-state index is 8.02. The monoisotopic (exact) mass is 930 g/mol. The molecular weight excluding hydrogens is 893 g/mol. The maximum absolute atomic E-state index is 8.02. The number of hydrogen-bond acceptors (Lipinski definition) is 3. The molecule has 14 aromatic rings. The highest BCUT2D eigenvalue weighted by atomic mass is 16.5. The summed E-state index contributed by atoms with van der Waals surface area (Å²) in [4.78, 5) is 13.9. The van der Waals surface area contributed by atoms with Gasteiger partial charge in [0.25, 0.3) is 0 Å². The molecular formula is C66H38N6O. The quantitative estimate of drug-likeness (QED) is 0.165. The zero-order valence-corrected chi connectivity index (χ0v) is 39.0. The van der Waals surface area contributed by atoms with E-state index in [2.05, 4.69) is 213 Å². The molecule has 0 amide bonds. The molecule has 0 bridgehead atoms. The van der Waals surface area contributed by atoms with E-state index in [4.69, 9.17) is 21.3 Å². The summed E-state index contributed by atoms with van der Waals surface area (Å²) in [6.45, 7) is 8.02. The van der Waals surface area contributed by atoms with E-state index >= 15 is 0 Å². The van der Waals surface area contributed by atoms with E-state index in [0.717, 1.165) is 117 Å². The first kappa shape index (κ1) is 39.8. The molecule has 6 heterocycles. The number of benzene rings is 9. The van der Waals surface area contributed by atoms with Crippen LogP contribution in [-0.4, -0.2) is 23.7 Å². The molecule has 0 fully saturated rings. The van der Waals surface area contributed by atoms with Gasteiger partial charge in [0.15, 0.2) is 5.69 Å². The first-order chi connectivity index (χ1) is 36.2. The van der Waals surface area contributed by atoms with Crippen LogP contribution in [0.2, 0.25) is 0 Å². The fourth-order valence-corrected chi connectivity index (χ4v) is 12.6. The lowest BCUT2D eigenvalue weighted by Crippen LogP contribution is -2.32. The Morgan fingerprint density at radius 2 is 0.849 bits per heavy atom. The van der Waals surface area contributed by atoms with Crippen molar-refractivity contribution in [2.24, 2.45) is 0 Å². The molecule has 0 unspecified atom stereocenters. The molecule has 5 aromatic heterocycles. The van der Waals surface area contributed by atoms with Gasteiger partial charge in [0.05, 0.1) is 56.5 Å². The molecule has 0 atom stereocenters. The fourth-order valence-electron chi connectivity index (χ4n) is 12.6. The van der Waals surface area contributed by atoms with Crippen molar-refractivity contribution in [2.45, 2.75) is 5.41 Å². The van der Waals surface area contributed by atoms with Gasteiger partial charge in [-0.1, -0.05) is 115 Å². The van der Waals surface area contributed by atoms with E-state index in [1.165, 1.54) is 21.5 Å². The lowest BCUT2D eigenvalue weighted by Gasteiger charge is -2.39. The number of para-hydroxylation sites is 4. The van der Waals surface area contributed by atoms with Crippen LogP contribution in [0.15, 0.2) is 231 Å². The average molecular weight is 931 g/mol. The van der Waals surface area contributed by atoms with Gasteiger partial charge < -0.3 is 18.4 Å². The summed E-state index contributed by atoms with van der Waals surface area (Å²) in [5.41, 5.74) is 17.8. The number of rotatable bonds is 4. The largest absolute Gasteiger partial charge is 0.457 e. The number of fused-ring (bicyclic) bond motifs is 18. The second-order valence-corrected chi connectivity index (χ2v) is 19.2. The summed E-state index contributed by atoms with van der Waals surface area (Å²) >= 11 is 0. The van der Waals surface area contributed by atoms with Crippen LogP contribution in [0.5, 0.6) is 11.5 Å². The average Bonchev–Trinajstić information content (AvgIpc) is 4.17. The van der Waals surface area contributed by atoms with Crippen molar-refractivity contribution in [3.63, 3.8) is 0 Å². The van der Waals surface area contributed by atoms with Crippen LogP contribution in [0.25, 0.3) is 110 Å². The molecule has 7 heteroatoms. The lowest BCUT2D eigenvalue weighted by atomic mass is 9.66. The number of nitrogens with zero attached hydrogens (tertiary/aromatic N) is 6. The van der Waals surface area contributed by atoms with Crippen molar-refractivity contribution in [1.29, 1.82) is 0 Å². The molecule has 9 aromatic carbocycles. The SMILES string of the molecule is [C-]#[N+]c1ccc2c(c1)c1cc(-c3ccc4c(c3)Oc3ccc(-n5c6ccccc6c6ccccc65)cc3C43c4cccnc4-c4ncccc43)ccc1n2-c1cccc(-n2c3ccccc3c3ccccc32)c1. The summed E-state index contributed by atoms with van der Waals surface area (Å²) in [7, 11) is 0. The van der Waals surface area contributed by atoms with Gasteiger partial charge in [-0.05, 0) is 131 Å². The summed E-state index contributed by atoms with van der Waals surface area (Å²) in [6.07, 6.45) is 3.73. The standard InChI is InChI=1S/C66H38N6O/c1-67-42-27-31-61-51(37-42)50-35-40(26-30-60(50)71(61)44-14-10-13-43(38-44)70-56-21-6-2-15-46(56)47-16-3-7-22-57(47)70)41-25-29-52-63(36-41)73-62-32-28-45(72-58-23-8-4-17-48(58)49-18-5-9-24-59(49)72)39-55(62)66(52)53-19-11-33-68-64(53)65-54(66)20-12-34-69-65/h2-39H. The van der Waals surface area contributed by atoms with Crippen molar-refractivity contribution in [3.8, 4) is 51.1 Å². The summed E-state index contributed by atoms with van der Waals surface area (Å²) in [5, 5.41) is 6.96. The Balaban J connectivity index is 0.877. The third-order valence-electron chi connectivity index (χ3n) is 15.6. The molecule has 1 aliphatic carbocycles. The summed E-state index contributed by atoms with van der Waals surface area (Å²) < 4.78 is 14.2. The molecule has 73 heavy (non-hydrogen) atoms. The van der Waals surface area contributed by atoms with Crippen LogP contribution in [0.4, 0.5) is 5.69 Å². The van der Waals surface area contributed by atoms with Gasteiger partial charge in [-0.15, -0.1) is 0 Å². The number of ether oxygens (including phenoxy) is 1. The molecule has 16 rings (SSSR count). The Bertz CT molecular complexity index is 4600. The van der Waals surface area contributed by atoms with Crippen molar-refractivity contribution < 1.29 is 4.74 Å². The summed E-state index contributed by atoms with van der Waals surface area (Å²) in [5.74, 6) is 1.56. The fraction of sp³-hybridized carbons (Fsp3) is 0.0152. The molecule has 0 saturated heterocycles. The number of hydrogen-bond donors (Lipinski definition) is 0. The highest BCUT2D eigenvalue weighted by Gasteiger charge is 2.52. The van der Waals surface area contributed by atoms with Crippen LogP contribution in [0.3, 0.4) is 0 Å².